The maximum Gasteiger partial charge on any atom is 0.326 e. The number of carboxylic acid groups (broad SMARTS) is 3. The van der Waals surface area contributed by atoms with Gasteiger partial charge in [-0.1, -0.05) is 0 Å². The summed E-state index contributed by atoms with van der Waals surface area (Å²) in [5, 5.41) is 33.6. The fourth-order valence-corrected chi connectivity index (χ4v) is 2.53. The van der Waals surface area contributed by atoms with Crippen LogP contribution >= 0.6 is 0 Å². The van der Waals surface area contributed by atoms with E-state index in [4.69, 9.17) is 27.4 Å². The second-order valence-corrected chi connectivity index (χ2v) is 7.28. The SMILES string of the molecule is CC(NC(=O)C(N)CC(=O)O)C(=O)NC(CCC(=O)O)C(=O)NC(CCCN=C(N)N)C(=O)O. The van der Waals surface area contributed by atoms with Crippen LogP contribution in [0.1, 0.15) is 39.0 Å². The number of carbonyl (C=O) groups excluding carboxylic acids is 3. The second kappa shape index (κ2) is 15.0. The van der Waals surface area contributed by atoms with Gasteiger partial charge in [-0.05, 0) is 26.2 Å². The molecule has 12 N–H and O–H groups in total. The van der Waals surface area contributed by atoms with Crippen LogP contribution in [-0.4, -0.2) is 87.6 Å². The minimum atomic E-state index is -1.43. The molecule has 0 fully saturated rings. The summed E-state index contributed by atoms with van der Waals surface area (Å²) in [5.74, 6) is -6.92. The first-order valence-corrected chi connectivity index (χ1v) is 10.1. The molecule has 192 valence electrons. The van der Waals surface area contributed by atoms with Crippen molar-refractivity contribution in [2.75, 3.05) is 6.54 Å². The van der Waals surface area contributed by atoms with Gasteiger partial charge in [0.05, 0.1) is 12.5 Å². The van der Waals surface area contributed by atoms with Crippen molar-refractivity contribution in [2.24, 2.45) is 22.2 Å². The van der Waals surface area contributed by atoms with Crippen molar-refractivity contribution in [3.63, 3.8) is 0 Å². The van der Waals surface area contributed by atoms with Crippen molar-refractivity contribution in [1.82, 2.24) is 16.0 Å². The number of aliphatic imine (C=N–C) groups is 1. The molecule has 0 saturated heterocycles. The van der Waals surface area contributed by atoms with Gasteiger partial charge in [-0.15, -0.1) is 0 Å². The van der Waals surface area contributed by atoms with Gasteiger partial charge >= 0.3 is 17.9 Å². The van der Waals surface area contributed by atoms with E-state index >= 15 is 0 Å². The van der Waals surface area contributed by atoms with Crippen LogP contribution in [0.3, 0.4) is 0 Å². The van der Waals surface area contributed by atoms with E-state index in [1.807, 2.05) is 0 Å². The molecule has 0 aliphatic carbocycles. The van der Waals surface area contributed by atoms with E-state index in [2.05, 4.69) is 20.9 Å². The highest BCUT2D eigenvalue weighted by Crippen LogP contribution is 2.04. The molecular weight excluding hydrogens is 458 g/mol. The molecule has 0 rings (SSSR count). The predicted octanol–water partition coefficient (Wildman–Crippen LogP) is -3.73. The largest absolute Gasteiger partial charge is 0.481 e. The lowest BCUT2D eigenvalue weighted by Gasteiger charge is -2.23. The van der Waals surface area contributed by atoms with E-state index in [-0.39, 0.29) is 31.8 Å². The molecule has 0 aromatic carbocycles. The molecule has 3 amide bonds. The van der Waals surface area contributed by atoms with Crippen molar-refractivity contribution in [1.29, 1.82) is 0 Å². The van der Waals surface area contributed by atoms with Crippen LogP contribution < -0.4 is 33.2 Å². The Kier molecular flexibility index (Phi) is 13.2. The molecule has 0 radical (unpaired) electrons. The lowest BCUT2D eigenvalue weighted by molar-refractivity contribution is -0.143. The van der Waals surface area contributed by atoms with Gasteiger partial charge in [0.25, 0.3) is 0 Å². The molecule has 0 bridgehead atoms. The highest BCUT2D eigenvalue weighted by Gasteiger charge is 2.29. The topological polar surface area (TPSA) is 290 Å². The maximum atomic E-state index is 12.6. The Morgan fingerprint density at radius 2 is 1.41 bits per heavy atom. The number of hydrogen-bond acceptors (Lipinski definition) is 8. The standard InChI is InChI=1S/C18H31N7O9/c1-8(23-15(31)9(19)7-13(28)29)14(30)24-10(4-5-12(26)27)16(32)25-11(17(33)34)3-2-6-22-18(20)21/h8-11H,2-7,19H2,1H3,(H,23,31)(H,24,30)(H,25,32)(H,26,27)(H,28,29)(H,33,34)(H4,20,21,22). The third kappa shape index (κ3) is 12.8. The summed E-state index contributed by atoms with van der Waals surface area (Å²) in [7, 11) is 0. The van der Waals surface area contributed by atoms with E-state index in [1.165, 1.54) is 6.92 Å². The maximum absolute atomic E-state index is 12.6. The Balaban J connectivity index is 5.19. The Hall–Kier alpha value is -3.95. The third-order valence-corrected chi connectivity index (χ3v) is 4.32. The number of rotatable bonds is 16. The van der Waals surface area contributed by atoms with Crippen LogP contribution in [0.4, 0.5) is 0 Å². The molecule has 34 heavy (non-hydrogen) atoms. The molecule has 16 nitrogen and oxygen atoms in total. The number of hydrogen-bond donors (Lipinski definition) is 9. The average Bonchev–Trinajstić information content (AvgIpc) is 2.71. The summed E-state index contributed by atoms with van der Waals surface area (Å²) in [6.45, 7) is 1.35. The average molecular weight is 489 g/mol. The normalized spacial score (nSPS) is 13.9. The number of nitrogens with one attached hydrogen (secondary N) is 3. The first kappa shape index (κ1) is 30.0. The number of aliphatic carboxylic acids is 3. The van der Waals surface area contributed by atoms with Crippen LogP contribution in [0.25, 0.3) is 0 Å². The third-order valence-electron chi connectivity index (χ3n) is 4.32. The van der Waals surface area contributed by atoms with Gasteiger partial charge < -0.3 is 48.5 Å². The highest BCUT2D eigenvalue weighted by atomic mass is 16.4. The smallest absolute Gasteiger partial charge is 0.326 e. The first-order chi connectivity index (χ1) is 15.7. The number of nitrogens with two attached hydrogens (primary N) is 3. The zero-order chi connectivity index (χ0) is 26.4. The summed E-state index contributed by atoms with van der Waals surface area (Å²) in [4.78, 5) is 73.6. The number of nitrogens with zero attached hydrogens (tertiary/aromatic N) is 1. The molecule has 0 aliphatic heterocycles. The zero-order valence-corrected chi connectivity index (χ0v) is 18.5. The Bertz CT molecular complexity index is 799. The minimum absolute atomic E-state index is 0.0502. The lowest BCUT2D eigenvalue weighted by Crippen LogP contribution is -2.56. The molecule has 16 heteroatoms. The van der Waals surface area contributed by atoms with E-state index in [0.717, 1.165) is 0 Å². The van der Waals surface area contributed by atoms with Gasteiger partial charge in [0.2, 0.25) is 17.7 Å². The van der Waals surface area contributed by atoms with Gasteiger partial charge in [0, 0.05) is 13.0 Å². The van der Waals surface area contributed by atoms with Crippen molar-refractivity contribution in [2.45, 2.75) is 63.2 Å². The number of carbonyl (C=O) groups is 6. The summed E-state index contributed by atoms with van der Waals surface area (Å²) < 4.78 is 0. The molecule has 4 unspecified atom stereocenters. The molecule has 0 spiro atoms. The van der Waals surface area contributed by atoms with Crippen molar-refractivity contribution in [3.8, 4) is 0 Å². The van der Waals surface area contributed by atoms with Crippen LogP contribution in [0.15, 0.2) is 4.99 Å². The van der Waals surface area contributed by atoms with Crippen LogP contribution in [-0.2, 0) is 28.8 Å². The van der Waals surface area contributed by atoms with Gasteiger partial charge in [-0.2, -0.15) is 0 Å². The molecule has 0 aromatic rings. The summed E-state index contributed by atoms with van der Waals surface area (Å²) >= 11 is 0. The fourth-order valence-electron chi connectivity index (χ4n) is 2.53. The van der Waals surface area contributed by atoms with Gasteiger partial charge in [-0.25, -0.2) is 4.79 Å². The Morgan fingerprint density at radius 1 is 0.824 bits per heavy atom. The first-order valence-electron chi connectivity index (χ1n) is 10.1. The minimum Gasteiger partial charge on any atom is -0.481 e. The molecule has 0 saturated carbocycles. The van der Waals surface area contributed by atoms with Gasteiger partial charge in [0.1, 0.15) is 18.1 Å². The molecule has 0 aromatic heterocycles. The fraction of sp³-hybridized carbons (Fsp3) is 0.611. The van der Waals surface area contributed by atoms with E-state index in [9.17, 15) is 33.9 Å². The van der Waals surface area contributed by atoms with Crippen molar-refractivity contribution >= 4 is 41.6 Å². The Labute approximate surface area is 194 Å². The lowest BCUT2D eigenvalue weighted by atomic mass is 10.1. The summed E-state index contributed by atoms with van der Waals surface area (Å²) in [6, 6.07) is -5.48. The quantitative estimate of drug-likeness (QED) is 0.0574. The van der Waals surface area contributed by atoms with Crippen LogP contribution in [0.5, 0.6) is 0 Å². The van der Waals surface area contributed by atoms with Gasteiger partial charge in [0.15, 0.2) is 5.96 Å². The van der Waals surface area contributed by atoms with Crippen molar-refractivity contribution < 1.29 is 44.1 Å². The van der Waals surface area contributed by atoms with Gasteiger partial charge in [-0.3, -0.25) is 29.0 Å². The number of carboxylic acids is 3. The monoisotopic (exact) mass is 489 g/mol. The van der Waals surface area contributed by atoms with E-state index < -0.39 is 72.6 Å². The van der Waals surface area contributed by atoms with Crippen LogP contribution in [0.2, 0.25) is 0 Å². The second-order valence-electron chi connectivity index (χ2n) is 7.28. The predicted molar refractivity (Wildman–Crippen MR) is 116 cm³/mol. The van der Waals surface area contributed by atoms with Crippen LogP contribution in [0, 0.1) is 0 Å². The van der Waals surface area contributed by atoms with E-state index in [1.54, 1.807) is 0 Å². The molecular formula is C18H31N7O9. The number of guanidine groups is 1. The number of amides is 3. The Morgan fingerprint density at radius 3 is 1.91 bits per heavy atom. The summed E-state index contributed by atoms with van der Waals surface area (Å²) in [6.07, 6.45) is -1.41. The molecule has 4 atom stereocenters. The summed E-state index contributed by atoms with van der Waals surface area (Å²) in [5.41, 5.74) is 15.8. The highest BCUT2D eigenvalue weighted by molar-refractivity contribution is 5.94. The zero-order valence-electron chi connectivity index (χ0n) is 18.5. The van der Waals surface area contributed by atoms with Crippen molar-refractivity contribution in [3.05, 3.63) is 0 Å². The molecule has 0 heterocycles. The van der Waals surface area contributed by atoms with E-state index in [0.29, 0.717) is 0 Å². The molecule has 0 aliphatic rings.